The van der Waals surface area contributed by atoms with E-state index in [1.807, 2.05) is 31.3 Å². The van der Waals surface area contributed by atoms with Crippen LogP contribution >= 0.6 is 12.2 Å². The summed E-state index contributed by atoms with van der Waals surface area (Å²) < 4.78 is 8.71. The van der Waals surface area contributed by atoms with Gasteiger partial charge >= 0.3 is 0 Å². The third-order valence-corrected chi connectivity index (χ3v) is 4.58. The van der Waals surface area contributed by atoms with E-state index in [4.69, 9.17) is 17.0 Å². The molecule has 0 atom stereocenters. The molecule has 0 radical (unpaired) electrons. The molecule has 1 fully saturated rings. The summed E-state index contributed by atoms with van der Waals surface area (Å²) in [6.07, 6.45) is 4.32. The summed E-state index contributed by atoms with van der Waals surface area (Å²) in [5.41, 5.74) is 3.19. The van der Waals surface area contributed by atoms with Gasteiger partial charge in [-0.2, -0.15) is 0 Å². The zero-order chi connectivity index (χ0) is 14.4. The summed E-state index contributed by atoms with van der Waals surface area (Å²) in [5.74, 6) is 0. The Bertz CT molecular complexity index is 861. The van der Waals surface area contributed by atoms with E-state index in [1.165, 1.54) is 5.52 Å². The second kappa shape index (κ2) is 4.93. The number of aromatic nitrogens is 3. The number of hydrogen-bond acceptors (Lipinski definition) is 3. The molecule has 21 heavy (non-hydrogen) atoms. The molecule has 0 bridgehead atoms. The minimum Gasteiger partial charge on any atom is -0.378 e. The van der Waals surface area contributed by atoms with Gasteiger partial charge in [-0.25, -0.2) is 0 Å². The number of rotatable bonds is 3. The SMILES string of the molecule is CCOC1CC(n2c(=S)[nH]c3cnc4ccccc4c32)C1. The van der Waals surface area contributed by atoms with E-state index in [-0.39, 0.29) is 0 Å². The number of ether oxygens (including phenoxy) is 1. The standard InChI is InChI=1S/C16H17N3OS/c1-2-20-11-7-10(8-11)19-15-12-5-3-4-6-13(12)17-9-14(15)18-16(19)21/h3-6,9-11H,2,7-8H2,1H3,(H,18,21). The molecule has 1 saturated carbocycles. The van der Waals surface area contributed by atoms with E-state index in [0.29, 0.717) is 12.1 Å². The fourth-order valence-electron chi connectivity index (χ4n) is 3.22. The van der Waals surface area contributed by atoms with Crippen LogP contribution in [-0.2, 0) is 4.74 Å². The summed E-state index contributed by atoms with van der Waals surface area (Å²) in [5, 5.41) is 1.15. The summed E-state index contributed by atoms with van der Waals surface area (Å²) in [6.45, 7) is 2.83. The molecule has 1 aliphatic rings. The molecule has 3 aromatic rings. The van der Waals surface area contributed by atoms with E-state index in [0.717, 1.165) is 40.6 Å². The van der Waals surface area contributed by atoms with Crippen LogP contribution < -0.4 is 0 Å². The van der Waals surface area contributed by atoms with E-state index in [1.54, 1.807) is 0 Å². The molecule has 1 aromatic carbocycles. The number of pyridine rings is 1. The fourth-order valence-corrected chi connectivity index (χ4v) is 3.57. The third-order valence-electron chi connectivity index (χ3n) is 4.29. The van der Waals surface area contributed by atoms with Crippen LogP contribution in [-0.4, -0.2) is 27.2 Å². The first kappa shape index (κ1) is 13.0. The van der Waals surface area contributed by atoms with Crippen LogP contribution in [0.3, 0.4) is 0 Å². The first-order valence-electron chi connectivity index (χ1n) is 7.37. The van der Waals surface area contributed by atoms with Crippen LogP contribution in [0.4, 0.5) is 0 Å². The quantitative estimate of drug-likeness (QED) is 0.744. The molecule has 1 N–H and O–H groups in total. The van der Waals surface area contributed by atoms with Gasteiger partial charge in [0.2, 0.25) is 0 Å². The molecule has 5 heteroatoms. The number of nitrogens with one attached hydrogen (secondary N) is 1. The normalized spacial score (nSPS) is 21.8. The highest BCUT2D eigenvalue weighted by Gasteiger charge is 2.32. The van der Waals surface area contributed by atoms with E-state index in [9.17, 15) is 0 Å². The highest BCUT2D eigenvalue weighted by Crippen LogP contribution is 2.38. The van der Waals surface area contributed by atoms with Crippen molar-refractivity contribution in [1.29, 1.82) is 0 Å². The van der Waals surface area contributed by atoms with Crippen molar-refractivity contribution in [2.75, 3.05) is 6.61 Å². The molecule has 2 aromatic heterocycles. The lowest BCUT2D eigenvalue weighted by Gasteiger charge is -2.36. The van der Waals surface area contributed by atoms with Crippen molar-refractivity contribution < 1.29 is 4.74 Å². The summed E-state index contributed by atoms with van der Waals surface area (Å²) >= 11 is 5.53. The van der Waals surface area contributed by atoms with Crippen molar-refractivity contribution in [1.82, 2.24) is 14.5 Å². The number of para-hydroxylation sites is 1. The van der Waals surface area contributed by atoms with Crippen LogP contribution in [0.15, 0.2) is 30.5 Å². The van der Waals surface area contributed by atoms with Gasteiger partial charge in [0, 0.05) is 18.0 Å². The van der Waals surface area contributed by atoms with Gasteiger partial charge < -0.3 is 14.3 Å². The maximum atomic E-state index is 5.68. The molecule has 0 amide bonds. The summed E-state index contributed by atoms with van der Waals surface area (Å²) in [4.78, 5) is 7.79. The van der Waals surface area contributed by atoms with Crippen LogP contribution in [0, 0.1) is 4.77 Å². The Morgan fingerprint density at radius 3 is 3.00 bits per heavy atom. The van der Waals surface area contributed by atoms with Crippen LogP contribution in [0.5, 0.6) is 0 Å². The fraction of sp³-hybridized carbons (Fsp3) is 0.375. The minimum atomic E-state index is 0.375. The largest absolute Gasteiger partial charge is 0.378 e. The third kappa shape index (κ3) is 2.00. The second-order valence-electron chi connectivity index (χ2n) is 5.54. The number of benzene rings is 1. The van der Waals surface area contributed by atoms with E-state index >= 15 is 0 Å². The number of H-pyrrole nitrogens is 1. The first-order valence-corrected chi connectivity index (χ1v) is 7.78. The Labute approximate surface area is 127 Å². The van der Waals surface area contributed by atoms with Gasteiger partial charge in [0.25, 0.3) is 0 Å². The van der Waals surface area contributed by atoms with Crippen molar-refractivity contribution in [2.45, 2.75) is 31.9 Å². The monoisotopic (exact) mass is 299 g/mol. The Hall–Kier alpha value is -1.72. The van der Waals surface area contributed by atoms with Gasteiger partial charge in [0.15, 0.2) is 4.77 Å². The topological polar surface area (TPSA) is 42.8 Å². The Morgan fingerprint density at radius 2 is 2.19 bits per heavy atom. The lowest BCUT2D eigenvalue weighted by molar-refractivity contribution is -0.0189. The zero-order valence-corrected chi connectivity index (χ0v) is 12.7. The molecule has 2 heterocycles. The minimum absolute atomic E-state index is 0.375. The van der Waals surface area contributed by atoms with Crippen molar-refractivity contribution in [3.05, 3.63) is 35.2 Å². The molecule has 0 unspecified atom stereocenters. The zero-order valence-electron chi connectivity index (χ0n) is 11.9. The average molecular weight is 299 g/mol. The summed E-state index contributed by atoms with van der Waals surface area (Å²) in [6, 6.07) is 8.64. The Morgan fingerprint density at radius 1 is 1.38 bits per heavy atom. The Balaban J connectivity index is 1.87. The van der Waals surface area contributed by atoms with Crippen molar-refractivity contribution >= 4 is 34.2 Å². The molecule has 0 aliphatic heterocycles. The predicted molar refractivity (Wildman–Crippen MR) is 86.1 cm³/mol. The molecular weight excluding hydrogens is 282 g/mol. The van der Waals surface area contributed by atoms with Gasteiger partial charge in [0.05, 0.1) is 28.9 Å². The maximum Gasteiger partial charge on any atom is 0.178 e. The van der Waals surface area contributed by atoms with Crippen molar-refractivity contribution in [3.8, 4) is 0 Å². The highest BCUT2D eigenvalue weighted by atomic mass is 32.1. The molecule has 4 rings (SSSR count). The first-order chi connectivity index (χ1) is 10.3. The molecule has 0 saturated heterocycles. The predicted octanol–water partition coefficient (Wildman–Crippen LogP) is 3.99. The number of imidazole rings is 1. The van der Waals surface area contributed by atoms with Gasteiger partial charge in [-0.1, -0.05) is 18.2 Å². The highest BCUT2D eigenvalue weighted by molar-refractivity contribution is 7.71. The molecule has 0 spiro atoms. The number of fused-ring (bicyclic) bond motifs is 3. The lowest BCUT2D eigenvalue weighted by atomic mass is 9.89. The lowest BCUT2D eigenvalue weighted by Crippen LogP contribution is -2.33. The maximum absolute atomic E-state index is 5.68. The van der Waals surface area contributed by atoms with Crippen molar-refractivity contribution in [2.24, 2.45) is 0 Å². The smallest absolute Gasteiger partial charge is 0.178 e. The van der Waals surface area contributed by atoms with Gasteiger partial charge in [-0.05, 0) is 38.0 Å². The van der Waals surface area contributed by atoms with Crippen LogP contribution in [0.25, 0.3) is 21.9 Å². The molecule has 4 nitrogen and oxygen atoms in total. The van der Waals surface area contributed by atoms with Gasteiger partial charge in [-0.3, -0.25) is 4.98 Å². The van der Waals surface area contributed by atoms with E-state index in [2.05, 4.69) is 20.6 Å². The van der Waals surface area contributed by atoms with Crippen molar-refractivity contribution in [3.63, 3.8) is 0 Å². The number of hydrogen-bond donors (Lipinski definition) is 1. The van der Waals surface area contributed by atoms with Gasteiger partial charge in [-0.15, -0.1) is 0 Å². The molecular formula is C16H17N3OS. The summed E-state index contributed by atoms with van der Waals surface area (Å²) in [7, 11) is 0. The van der Waals surface area contributed by atoms with Gasteiger partial charge in [0.1, 0.15) is 0 Å². The number of nitrogens with zero attached hydrogens (tertiary/aromatic N) is 2. The second-order valence-corrected chi connectivity index (χ2v) is 5.93. The number of aromatic amines is 1. The van der Waals surface area contributed by atoms with Crippen LogP contribution in [0.2, 0.25) is 0 Å². The van der Waals surface area contributed by atoms with E-state index < -0.39 is 0 Å². The average Bonchev–Trinajstić information content (AvgIpc) is 2.79. The molecule has 108 valence electrons. The Kier molecular flexibility index (Phi) is 3.05. The van der Waals surface area contributed by atoms with Crippen LogP contribution in [0.1, 0.15) is 25.8 Å². The molecule has 1 aliphatic carbocycles.